The highest BCUT2D eigenvalue weighted by Crippen LogP contribution is 2.34. The molecule has 0 saturated carbocycles. The van der Waals surface area contributed by atoms with Crippen molar-refractivity contribution in [2.75, 3.05) is 5.32 Å². The molecule has 21 heavy (non-hydrogen) atoms. The predicted octanol–water partition coefficient (Wildman–Crippen LogP) is 3.97. The number of benzene rings is 1. The number of hydrogen-bond donors (Lipinski definition) is 1. The zero-order valence-electron chi connectivity index (χ0n) is 10.9. The van der Waals surface area contributed by atoms with Gasteiger partial charge in [0.05, 0.1) is 17.8 Å². The zero-order valence-corrected chi connectivity index (χ0v) is 10.9. The summed E-state index contributed by atoms with van der Waals surface area (Å²) in [5.74, 6) is 0. The first kappa shape index (κ1) is 13.5. The Morgan fingerprint density at radius 1 is 1.05 bits per heavy atom. The van der Waals surface area contributed by atoms with E-state index in [1.54, 1.807) is 12.3 Å². The Hall–Kier alpha value is -2.50. The number of anilines is 1. The van der Waals surface area contributed by atoms with Crippen LogP contribution in [0.3, 0.4) is 0 Å². The molecule has 0 amide bonds. The molecule has 2 aromatic heterocycles. The van der Waals surface area contributed by atoms with E-state index in [1.807, 2.05) is 28.8 Å². The Labute approximate surface area is 119 Å². The van der Waals surface area contributed by atoms with Crippen molar-refractivity contribution in [2.24, 2.45) is 0 Å². The number of nitrogens with zero attached hydrogens (tertiary/aromatic N) is 2. The fourth-order valence-electron chi connectivity index (χ4n) is 2.14. The fourth-order valence-corrected chi connectivity index (χ4v) is 2.14. The normalized spacial score (nSPS) is 11.8. The molecular weight excluding hydrogens is 279 g/mol. The molecule has 0 fully saturated rings. The third kappa shape index (κ3) is 2.84. The summed E-state index contributed by atoms with van der Waals surface area (Å²) in [6.07, 6.45) is -0.740. The van der Waals surface area contributed by atoms with Crippen LogP contribution < -0.4 is 5.32 Å². The maximum atomic E-state index is 12.9. The number of aromatic nitrogens is 2. The maximum Gasteiger partial charge on any atom is 0.418 e. The fraction of sp³-hybridized carbons (Fsp3) is 0.133. The van der Waals surface area contributed by atoms with Gasteiger partial charge in [0.25, 0.3) is 0 Å². The van der Waals surface area contributed by atoms with E-state index in [1.165, 1.54) is 12.1 Å². The summed E-state index contributed by atoms with van der Waals surface area (Å²) in [4.78, 5) is 4.34. The van der Waals surface area contributed by atoms with Gasteiger partial charge in [0, 0.05) is 18.1 Å². The molecule has 1 N–H and O–H groups in total. The lowest BCUT2D eigenvalue weighted by molar-refractivity contribution is -0.136. The van der Waals surface area contributed by atoms with Crippen LogP contribution in [0.1, 0.15) is 11.3 Å². The van der Waals surface area contributed by atoms with Crippen LogP contribution in [-0.4, -0.2) is 9.38 Å². The number of halogens is 3. The van der Waals surface area contributed by atoms with Gasteiger partial charge in [-0.3, -0.25) is 0 Å². The quantitative estimate of drug-likeness (QED) is 0.791. The largest absolute Gasteiger partial charge is 0.418 e. The number of pyridine rings is 1. The van der Waals surface area contributed by atoms with Crippen LogP contribution in [-0.2, 0) is 12.7 Å². The molecule has 0 aliphatic carbocycles. The molecule has 0 radical (unpaired) electrons. The molecule has 2 heterocycles. The van der Waals surface area contributed by atoms with E-state index in [2.05, 4.69) is 10.3 Å². The molecule has 3 rings (SSSR count). The predicted molar refractivity (Wildman–Crippen MR) is 74.0 cm³/mol. The van der Waals surface area contributed by atoms with Gasteiger partial charge in [-0.05, 0) is 24.3 Å². The van der Waals surface area contributed by atoms with E-state index in [0.29, 0.717) is 5.69 Å². The van der Waals surface area contributed by atoms with Crippen molar-refractivity contribution >= 4 is 11.3 Å². The number of rotatable bonds is 3. The SMILES string of the molecule is FC(F)(F)c1ccccc1NCc1cn2ccccc2n1. The van der Waals surface area contributed by atoms with Gasteiger partial charge in [0.1, 0.15) is 5.65 Å². The number of fused-ring (bicyclic) bond motifs is 1. The number of hydrogen-bond acceptors (Lipinski definition) is 2. The van der Waals surface area contributed by atoms with Crippen molar-refractivity contribution in [3.8, 4) is 0 Å². The smallest absolute Gasteiger partial charge is 0.379 e. The number of alkyl halides is 3. The first-order valence-electron chi connectivity index (χ1n) is 6.37. The third-order valence-corrected chi connectivity index (χ3v) is 3.11. The highest BCUT2D eigenvalue weighted by atomic mass is 19.4. The molecule has 0 bridgehead atoms. The van der Waals surface area contributed by atoms with Gasteiger partial charge < -0.3 is 9.72 Å². The highest BCUT2D eigenvalue weighted by Gasteiger charge is 2.33. The van der Waals surface area contributed by atoms with E-state index >= 15 is 0 Å². The van der Waals surface area contributed by atoms with E-state index in [0.717, 1.165) is 11.7 Å². The van der Waals surface area contributed by atoms with Gasteiger partial charge in [-0.1, -0.05) is 18.2 Å². The zero-order chi connectivity index (χ0) is 14.9. The highest BCUT2D eigenvalue weighted by molar-refractivity contribution is 5.53. The Bertz CT molecular complexity index is 729. The summed E-state index contributed by atoms with van der Waals surface area (Å²) in [5.41, 5.74) is 0.826. The summed E-state index contributed by atoms with van der Waals surface area (Å²) in [6, 6.07) is 11.0. The average Bonchev–Trinajstić information content (AvgIpc) is 2.87. The van der Waals surface area contributed by atoms with Crippen LogP contribution in [0.15, 0.2) is 54.9 Å². The summed E-state index contributed by atoms with van der Waals surface area (Å²) in [7, 11) is 0. The third-order valence-electron chi connectivity index (χ3n) is 3.11. The Morgan fingerprint density at radius 3 is 2.57 bits per heavy atom. The minimum atomic E-state index is -4.37. The van der Waals surface area contributed by atoms with Gasteiger partial charge in [-0.25, -0.2) is 4.98 Å². The van der Waals surface area contributed by atoms with Crippen molar-refractivity contribution in [2.45, 2.75) is 12.7 Å². The lowest BCUT2D eigenvalue weighted by Crippen LogP contribution is -2.10. The molecule has 0 aliphatic heterocycles. The summed E-state index contributed by atoms with van der Waals surface area (Å²) in [6.45, 7) is 0.231. The molecule has 108 valence electrons. The van der Waals surface area contributed by atoms with Crippen molar-refractivity contribution < 1.29 is 13.2 Å². The Kier molecular flexibility index (Phi) is 3.29. The minimum Gasteiger partial charge on any atom is -0.379 e. The average molecular weight is 291 g/mol. The molecule has 1 aromatic carbocycles. The molecular formula is C15H12F3N3. The minimum absolute atomic E-state index is 0.0575. The van der Waals surface area contributed by atoms with Gasteiger partial charge in [-0.2, -0.15) is 13.2 Å². The summed E-state index contributed by atoms with van der Waals surface area (Å²) >= 11 is 0. The second kappa shape index (κ2) is 5.12. The van der Waals surface area contributed by atoms with Crippen molar-refractivity contribution in [1.82, 2.24) is 9.38 Å². The van der Waals surface area contributed by atoms with Crippen molar-refractivity contribution in [3.05, 3.63) is 66.1 Å². The lowest BCUT2D eigenvalue weighted by atomic mass is 10.1. The molecule has 0 atom stereocenters. The number of imidazole rings is 1. The number of nitrogens with one attached hydrogen (secondary N) is 1. The monoisotopic (exact) mass is 291 g/mol. The molecule has 0 unspecified atom stereocenters. The van der Waals surface area contributed by atoms with Gasteiger partial charge in [0.15, 0.2) is 0 Å². The molecule has 6 heteroatoms. The first-order valence-corrected chi connectivity index (χ1v) is 6.37. The van der Waals surface area contributed by atoms with E-state index in [-0.39, 0.29) is 12.2 Å². The molecule has 3 nitrogen and oxygen atoms in total. The second-order valence-electron chi connectivity index (χ2n) is 4.60. The van der Waals surface area contributed by atoms with E-state index < -0.39 is 11.7 Å². The first-order chi connectivity index (χ1) is 10.0. The Balaban J connectivity index is 1.82. The Morgan fingerprint density at radius 2 is 1.81 bits per heavy atom. The van der Waals surface area contributed by atoms with Crippen LogP contribution >= 0.6 is 0 Å². The standard InChI is InChI=1S/C15H12F3N3/c16-15(17,18)12-5-1-2-6-13(12)19-9-11-10-21-8-4-3-7-14(21)20-11/h1-8,10,19H,9H2. The van der Waals surface area contributed by atoms with Crippen molar-refractivity contribution in [1.29, 1.82) is 0 Å². The van der Waals surface area contributed by atoms with Crippen molar-refractivity contribution in [3.63, 3.8) is 0 Å². The maximum absolute atomic E-state index is 12.9. The van der Waals surface area contributed by atoms with Crippen LogP contribution in [0, 0.1) is 0 Å². The summed E-state index contributed by atoms with van der Waals surface area (Å²) < 4.78 is 40.5. The van der Waals surface area contributed by atoms with Crippen LogP contribution in [0.25, 0.3) is 5.65 Å². The molecule has 0 aliphatic rings. The number of para-hydroxylation sites is 1. The lowest BCUT2D eigenvalue weighted by Gasteiger charge is -2.13. The molecule has 0 spiro atoms. The second-order valence-corrected chi connectivity index (χ2v) is 4.60. The van der Waals surface area contributed by atoms with Gasteiger partial charge in [0.2, 0.25) is 0 Å². The van der Waals surface area contributed by atoms with Crippen LogP contribution in [0.4, 0.5) is 18.9 Å². The van der Waals surface area contributed by atoms with E-state index in [4.69, 9.17) is 0 Å². The van der Waals surface area contributed by atoms with Crippen LogP contribution in [0.2, 0.25) is 0 Å². The molecule has 0 saturated heterocycles. The van der Waals surface area contributed by atoms with Gasteiger partial charge in [-0.15, -0.1) is 0 Å². The topological polar surface area (TPSA) is 29.3 Å². The van der Waals surface area contributed by atoms with Crippen LogP contribution in [0.5, 0.6) is 0 Å². The van der Waals surface area contributed by atoms with E-state index in [9.17, 15) is 13.2 Å². The summed E-state index contributed by atoms with van der Waals surface area (Å²) in [5, 5.41) is 2.80. The molecule has 3 aromatic rings. The van der Waals surface area contributed by atoms with Gasteiger partial charge >= 0.3 is 6.18 Å².